The maximum atomic E-state index is 14.3. The minimum atomic E-state index is -0.643. The first-order valence-corrected chi connectivity index (χ1v) is 10.9. The van der Waals surface area contributed by atoms with Crippen molar-refractivity contribution in [2.45, 2.75) is 13.0 Å². The van der Waals surface area contributed by atoms with E-state index < -0.39 is 11.9 Å². The van der Waals surface area contributed by atoms with Gasteiger partial charge in [0.2, 0.25) is 11.6 Å². The van der Waals surface area contributed by atoms with Crippen molar-refractivity contribution in [3.8, 4) is 34.7 Å². The summed E-state index contributed by atoms with van der Waals surface area (Å²) >= 11 is 3.34. The maximum absolute atomic E-state index is 14.3. The molecule has 0 spiro atoms. The van der Waals surface area contributed by atoms with Crippen LogP contribution in [-0.2, 0) is 7.05 Å². The molecule has 34 heavy (non-hydrogen) atoms. The lowest BCUT2D eigenvalue weighted by atomic mass is 9.99. The van der Waals surface area contributed by atoms with Gasteiger partial charge in [0.25, 0.3) is 5.82 Å². The summed E-state index contributed by atoms with van der Waals surface area (Å²) in [5, 5.41) is 22.9. The number of benzene rings is 1. The minimum Gasteiger partial charge on any atom is -0.478 e. The molecule has 0 fully saturated rings. The summed E-state index contributed by atoms with van der Waals surface area (Å²) in [5.41, 5.74) is 2.71. The number of halogens is 2. The number of hydrogen-bond donors (Lipinski definition) is 2. The van der Waals surface area contributed by atoms with Gasteiger partial charge < -0.3 is 9.47 Å². The lowest BCUT2D eigenvalue weighted by molar-refractivity contribution is -0.828. The van der Waals surface area contributed by atoms with Crippen LogP contribution in [0.3, 0.4) is 0 Å². The number of nitrogens with two attached hydrogens (primary N) is 1. The zero-order valence-electron chi connectivity index (χ0n) is 18.1. The molecule has 3 aromatic heterocycles. The Morgan fingerprint density at radius 2 is 2.03 bits per heavy atom. The molecule has 11 heteroatoms. The van der Waals surface area contributed by atoms with E-state index in [1.54, 1.807) is 44.4 Å². The predicted molar refractivity (Wildman–Crippen MR) is 122 cm³/mol. The molecule has 9 nitrogen and oxygen atoms in total. The SMILES string of the molecule is C[C@@H](Oc1cc(Br)cnc1[NH2+]O)c1cc(F)ccc1-c1ncccc1Oc1cc(C#N)n(C)n1. The first-order chi connectivity index (χ1) is 16.4. The lowest BCUT2D eigenvalue weighted by Crippen LogP contribution is -2.74. The van der Waals surface area contributed by atoms with Gasteiger partial charge in [-0.1, -0.05) is 0 Å². The van der Waals surface area contributed by atoms with Crippen molar-refractivity contribution in [1.29, 1.82) is 5.26 Å². The molecule has 3 heterocycles. The van der Waals surface area contributed by atoms with Crippen molar-refractivity contribution in [1.82, 2.24) is 19.7 Å². The average molecular weight is 526 g/mol. The van der Waals surface area contributed by atoms with E-state index in [-0.39, 0.29) is 11.7 Å². The summed E-state index contributed by atoms with van der Waals surface area (Å²) in [6.45, 7) is 1.75. The van der Waals surface area contributed by atoms with Crippen molar-refractivity contribution >= 4 is 21.7 Å². The third kappa shape index (κ3) is 4.89. The fourth-order valence-corrected chi connectivity index (χ4v) is 3.66. The molecule has 0 aliphatic heterocycles. The van der Waals surface area contributed by atoms with Gasteiger partial charge in [-0.3, -0.25) is 9.67 Å². The number of aromatic nitrogens is 4. The van der Waals surface area contributed by atoms with Crippen LogP contribution in [0.4, 0.5) is 10.2 Å². The molecule has 4 aromatic rings. The fraction of sp³-hybridized carbons (Fsp3) is 0.130. The van der Waals surface area contributed by atoms with Crippen molar-refractivity contribution in [2.24, 2.45) is 7.05 Å². The summed E-state index contributed by atoms with van der Waals surface area (Å²) in [4.78, 5) is 8.56. The van der Waals surface area contributed by atoms with Crippen LogP contribution in [0, 0.1) is 17.1 Å². The van der Waals surface area contributed by atoms with Crippen molar-refractivity contribution in [3.05, 3.63) is 76.4 Å². The van der Waals surface area contributed by atoms with Crippen molar-refractivity contribution in [2.75, 3.05) is 0 Å². The molecule has 0 amide bonds. The van der Waals surface area contributed by atoms with E-state index in [2.05, 4.69) is 31.0 Å². The van der Waals surface area contributed by atoms with Crippen LogP contribution >= 0.6 is 15.9 Å². The van der Waals surface area contributed by atoms with Gasteiger partial charge in [-0.25, -0.2) is 9.60 Å². The molecule has 0 saturated heterocycles. The molecule has 0 saturated carbocycles. The number of pyridine rings is 2. The molecule has 4 rings (SSSR count). The van der Waals surface area contributed by atoms with Crippen LogP contribution in [0.15, 0.2) is 59.3 Å². The van der Waals surface area contributed by atoms with Crippen LogP contribution in [0.1, 0.15) is 24.3 Å². The number of ether oxygens (including phenoxy) is 2. The molecule has 0 aliphatic rings. The van der Waals surface area contributed by atoms with Gasteiger partial charge >= 0.3 is 0 Å². The number of hydrogen-bond acceptors (Lipinski definition) is 7. The molecule has 3 N–H and O–H groups in total. The highest BCUT2D eigenvalue weighted by Crippen LogP contribution is 2.37. The molecule has 0 unspecified atom stereocenters. The van der Waals surface area contributed by atoms with Crippen LogP contribution < -0.4 is 15.0 Å². The zero-order chi connectivity index (χ0) is 24.2. The van der Waals surface area contributed by atoms with E-state index in [4.69, 9.17) is 9.47 Å². The summed E-state index contributed by atoms with van der Waals surface area (Å²) in [5.74, 6) is 0.702. The Balaban J connectivity index is 1.73. The highest BCUT2D eigenvalue weighted by Gasteiger charge is 2.22. The van der Waals surface area contributed by atoms with Gasteiger partial charge in [-0.2, -0.15) is 15.7 Å². The molecule has 0 radical (unpaired) electrons. The highest BCUT2D eigenvalue weighted by atomic mass is 79.9. The largest absolute Gasteiger partial charge is 0.478 e. The van der Waals surface area contributed by atoms with Gasteiger partial charge in [0, 0.05) is 47.2 Å². The summed E-state index contributed by atoms with van der Waals surface area (Å²) in [6.07, 6.45) is 2.48. The Kier molecular flexibility index (Phi) is 6.83. The van der Waals surface area contributed by atoms with Gasteiger partial charge in [-0.15, -0.1) is 5.10 Å². The number of rotatable bonds is 7. The second kappa shape index (κ2) is 9.96. The van der Waals surface area contributed by atoms with E-state index in [0.717, 1.165) is 5.48 Å². The van der Waals surface area contributed by atoms with Crippen molar-refractivity contribution in [3.63, 3.8) is 0 Å². The summed E-state index contributed by atoms with van der Waals surface area (Å²) < 4.78 is 28.3. The number of nitriles is 1. The first-order valence-electron chi connectivity index (χ1n) is 10.1. The molecular formula is C23H19BrFN6O3+. The van der Waals surface area contributed by atoms with Crippen molar-refractivity contribution < 1.29 is 24.6 Å². The fourth-order valence-electron chi connectivity index (χ4n) is 3.35. The minimum absolute atomic E-state index is 0.226. The second-order valence-corrected chi connectivity index (χ2v) is 8.13. The Morgan fingerprint density at radius 1 is 1.21 bits per heavy atom. The monoisotopic (exact) mass is 525 g/mol. The topological polar surface area (TPSA) is 123 Å². The van der Waals surface area contributed by atoms with E-state index >= 15 is 0 Å². The standard InChI is InChI=1S/C23H18BrFN6O3/c1-13(33-20-8-14(24)12-28-23(20)30-32)18-9-15(25)5-6-17(18)22-19(4-3-7-27-22)34-21-10-16(11-26)31(2)29-21/h3-10,12-13,32H,1-2H3,(H,28,30)/p+1/t13-/m1/s1. The quantitative estimate of drug-likeness (QED) is 0.347. The van der Waals surface area contributed by atoms with Gasteiger partial charge in [-0.05, 0) is 53.2 Å². The van der Waals surface area contributed by atoms with Crippen LogP contribution in [-0.4, -0.2) is 25.0 Å². The highest BCUT2D eigenvalue weighted by molar-refractivity contribution is 9.10. The third-order valence-electron chi connectivity index (χ3n) is 4.94. The summed E-state index contributed by atoms with van der Waals surface area (Å²) in [7, 11) is 1.64. The molecule has 0 aliphatic carbocycles. The Hall–Kier alpha value is -3.85. The van der Waals surface area contributed by atoms with Crippen LogP contribution in [0.25, 0.3) is 11.3 Å². The van der Waals surface area contributed by atoms with E-state index in [1.807, 2.05) is 6.07 Å². The third-order valence-corrected chi connectivity index (χ3v) is 5.37. The number of aryl methyl sites for hydroxylation is 1. The van der Waals surface area contributed by atoms with Crippen LogP contribution in [0.5, 0.6) is 17.4 Å². The van der Waals surface area contributed by atoms with E-state index in [9.17, 15) is 14.9 Å². The van der Waals surface area contributed by atoms with Crippen LogP contribution in [0.2, 0.25) is 0 Å². The first kappa shape index (κ1) is 23.3. The lowest BCUT2D eigenvalue weighted by Gasteiger charge is -2.19. The molecule has 172 valence electrons. The predicted octanol–water partition coefficient (Wildman–Crippen LogP) is 4.17. The average Bonchev–Trinajstić information content (AvgIpc) is 3.18. The number of nitrogens with zero attached hydrogens (tertiary/aromatic N) is 5. The molecule has 1 atom stereocenters. The number of quaternary nitrogens is 1. The smallest absolute Gasteiger partial charge is 0.299 e. The normalized spacial score (nSPS) is 11.6. The Morgan fingerprint density at radius 3 is 2.76 bits per heavy atom. The molecule has 1 aromatic carbocycles. The van der Waals surface area contributed by atoms with Gasteiger partial charge in [0.05, 0.1) is 0 Å². The van der Waals surface area contributed by atoms with E-state index in [1.165, 1.54) is 29.1 Å². The van der Waals surface area contributed by atoms with Gasteiger partial charge in [0.1, 0.15) is 29.4 Å². The van der Waals surface area contributed by atoms with E-state index in [0.29, 0.717) is 38.5 Å². The maximum Gasteiger partial charge on any atom is 0.299 e. The Labute approximate surface area is 202 Å². The molecule has 0 bridgehead atoms. The zero-order valence-corrected chi connectivity index (χ0v) is 19.7. The Bertz CT molecular complexity index is 1390. The molecular weight excluding hydrogens is 507 g/mol. The van der Waals surface area contributed by atoms with Gasteiger partial charge in [0.15, 0.2) is 5.75 Å². The second-order valence-electron chi connectivity index (χ2n) is 7.21. The summed E-state index contributed by atoms with van der Waals surface area (Å²) in [6, 6.07) is 12.9.